The van der Waals surface area contributed by atoms with E-state index in [9.17, 15) is 0 Å². The van der Waals surface area contributed by atoms with Crippen LogP contribution in [-0.4, -0.2) is 5.16 Å². The SMILES string of the molecule is CC12CC3CC(CC(C3)C1(C)P)C2. The van der Waals surface area contributed by atoms with Gasteiger partial charge in [0.2, 0.25) is 0 Å². The van der Waals surface area contributed by atoms with E-state index in [1.807, 2.05) is 0 Å². The number of hydrogen-bond donors (Lipinski definition) is 0. The molecule has 0 radical (unpaired) electrons. The summed E-state index contributed by atoms with van der Waals surface area (Å²) in [5.74, 6) is 3.21. The fraction of sp³-hybridized carbons (Fsp3) is 1.00. The Labute approximate surface area is 84.1 Å². The first kappa shape index (κ1) is 8.72. The molecule has 0 aromatic carbocycles. The highest BCUT2D eigenvalue weighted by Gasteiger charge is 2.58. The topological polar surface area (TPSA) is 0 Å². The van der Waals surface area contributed by atoms with Gasteiger partial charge in [-0.3, -0.25) is 0 Å². The summed E-state index contributed by atoms with van der Waals surface area (Å²) in [6.07, 6.45) is 7.66. The second-order valence-electron chi connectivity index (χ2n) is 6.39. The normalized spacial score (nSPS) is 64.4. The molecule has 0 nitrogen and oxygen atoms in total. The predicted molar refractivity (Wildman–Crippen MR) is 59.8 cm³/mol. The van der Waals surface area contributed by atoms with Crippen molar-refractivity contribution < 1.29 is 0 Å². The van der Waals surface area contributed by atoms with Crippen molar-refractivity contribution in [2.24, 2.45) is 23.2 Å². The Bertz CT molecular complexity index is 230. The number of hydrogen-bond acceptors (Lipinski definition) is 0. The van der Waals surface area contributed by atoms with Crippen LogP contribution in [0, 0.1) is 23.2 Å². The van der Waals surface area contributed by atoms with Crippen molar-refractivity contribution in [3.05, 3.63) is 0 Å². The van der Waals surface area contributed by atoms with E-state index in [0.29, 0.717) is 10.6 Å². The van der Waals surface area contributed by atoms with E-state index < -0.39 is 0 Å². The van der Waals surface area contributed by atoms with Crippen LogP contribution in [0.2, 0.25) is 0 Å². The highest BCUT2D eigenvalue weighted by Crippen LogP contribution is 2.67. The summed E-state index contributed by atoms with van der Waals surface area (Å²) in [6.45, 7) is 5.05. The Hall–Kier alpha value is 0.430. The summed E-state index contributed by atoms with van der Waals surface area (Å²) in [5.41, 5.74) is 0.659. The lowest BCUT2D eigenvalue weighted by molar-refractivity contribution is -0.0718. The molecular weight excluding hydrogens is 175 g/mol. The largest absolute Gasteiger partial charge is 0.131 e. The zero-order chi connectivity index (χ0) is 9.27. The van der Waals surface area contributed by atoms with E-state index in [-0.39, 0.29) is 0 Å². The quantitative estimate of drug-likeness (QED) is 0.520. The highest BCUT2D eigenvalue weighted by molar-refractivity contribution is 7.19. The molecule has 4 aliphatic carbocycles. The molecule has 74 valence electrons. The average Bonchev–Trinajstić information content (AvgIpc) is 1.99. The second-order valence-corrected chi connectivity index (χ2v) is 7.59. The summed E-state index contributed by atoms with van der Waals surface area (Å²) in [7, 11) is 3.20. The van der Waals surface area contributed by atoms with E-state index in [1.165, 1.54) is 25.7 Å². The second kappa shape index (κ2) is 2.32. The molecule has 4 bridgehead atoms. The van der Waals surface area contributed by atoms with Gasteiger partial charge in [0.15, 0.2) is 0 Å². The summed E-state index contributed by atoms with van der Waals surface area (Å²) in [5, 5.41) is 0.556. The monoisotopic (exact) mass is 196 g/mol. The molecule has 4 atom stereocenters. The molecule has 0 aliphatic heterocycles. The van der Waals surface area contributed by atoms with E-state index in [0.717, 1.165) is 17.8 Å². The molecule has 0 aromatic heterocycles. The molecule has 0 amide bonds. The molecule has 13 heavy (non-hydrogen) atoms. The van der Waals surface area contributed by atoms with Crippen LogP contribution in [0.5, 0.6) is 0 Å². The van der Waals surface area contributed by atoms with Gasteiger partial charge < -0.3 is 0 Å². The molecule has 4 fully saturated rings. The Morgan fingerprint density at radius 1 is 1.00 bits per heavy atom. The maximum Gasteiger partial charge on any atom is -0.00962 e. The first-order valence-corrected chi connectivity index (χ1v) is 6.38. The van der Waals surface area contributed by atoms with Gasteiger partial charge in [0.05, 0.1) is 0 Å². The van der Waals surface area contributed by atoms with Gasteiger partial charge in [-0.25, -0.2) is 0 Å². The van der Waals surface area contributed by atoms with Gasteiger partial charge >= 0.3 is 0 Å². The lowest BCUT2D eigenvalue weighted by Crippen LogP contribution is -2.58. The van der Waals surface area contributed by atoms with Crippen LogP contribution in [0.4, 0.5) is 0 Å². The maximum absolute atomic E-state index is 3.20. The van der Waals surface area contributed by atoms with E-state index in [4.69, 9.17) is 0 Å². The Kier molecular flexibility index (Phi) is 1.56. The van der Waals surface area contributed by atoms with Crippen LogP contribution in [0.25, 0.3) is 0 Å². The lowest BCUT2D eigenvalue weighted by atomic mass is 9.45. The fourth-order valence-electron chi connectivity index (χ4n) is 4.68. The summed E-state index contributed by atoms with van der Waals surface area (Å²) < 4.78 is 0. The summed E-state index contributed by atoms with van der Waals surface area (Å²) >= 11 is 0. The molecule has 0 spiro atoms. The molecule has 1 heteroatoms. The Morgan fingerprint density at radius 2 is 1.54 bits per heavy atom. The van der Waals surface area contributed by atoms with Crippen LogP contribution >= 0.6 is 9.24 Å². The zero-order valence-electron chi connectivity index (χ0n) is 8.84. The van der Waals surface area contributed by atoms with Crippen molar-refractivity contribution in [2.45, 2.75) is 51.1 Å². The van der Waals surface area contributed by atoms with Crippen molar-refractivity contribution in [1.29, 1.82) is 0 Å². The van der Waals surface area contributed by atoms with Gasteiger partial charge in [0, 0.05) is 0 Å². The van der Waals surface area contributed by atoms with E-state index in [1.54, 1.807) is 6.42 Å². The zero-order valence-corrected chi connectivity index (χ0v) is 10.00. The molecule has 4 aliphatic rings. The van der Waals surface area contributed by atoms with Crippen LogP contribution in [0.1, 0.15) is 46.0 Å². The van der Waals surface area contributed by atoms with E-state index in [2.05, 4.69) is 23.1 Å². The summed E-state index contributed by atoms with van der Waals surface area (Å²) in [4.78, 5) is 0. The third-order valence-electron chi connectivity index (χ3n) is 5.53. The van der Waals surface area contributed by atoms with Gasteiger partial charge in [-0.1, -0.05) is 13.8 Å². The minimum Gasteiger partial charge on any atom is -0.131 e. The van der Waals surface area contributed by atoms with Crippen LogP contribution in [0.15, 0.2) is 0 Å². The van der Waals surface area contributed by atoms with Crippen LogP contribution in [-0.2, 0) is 0 Å². The highest BCUT2D eigenvalue weighted by atomic mass is 31.0. The molecule has 0 aromatic rings. The van der Waals surface area contributed by atoms with Crippen molar-refractivity contribution in [3.63, 3.8) is 0 Å². The summed E-state index contributed by atoms with van der Waals surface area (Å²) in [6, 6.07) is 0. The lowest BCUT2D eigenvalue weighted by Gasteiger charge is -2.64. The van der Waals surface area contributed by atoms with Crippen LogP contribution in [0.3, 0.4) is 0 Å². The van der Waals surface area contributed by atoms with Crippen LogP contribution < -0.4 is 0 Å². The molecule has 4 unspecified atom stereocenters. The van der Waals surface area contributed by atoms with Gasteiger partial charge in [-0.2, -0.15) is 0 Å². The molecule has 4 rings (SSSR count). The standard InChI is InChI=1S/C12H21P/c1-11-6-8-3-9(7-11)5-10(4-8)12(11,2)13/h8-10H,3-7,13H2,1-2H3. The molecule has 0 heterocycles. The van der Waals surface area contributed by atoms with Gasteiger partial charge in [-0.15, -0.1) is 9.24 Å². The molecule has 0 N–H and O–H groups in total. The average molecular weight is 196 g/mol. The molecule has 0 saturated heterocycles. The first-order valence-electron chi connectivity index (χ1n) is 5.80. The third kappa shape index (κ3) is 0.965. The first-order chi connectivity index (χ1) is 6.01. The fourth-order valence-corrected chi connectivity index (χ4v) is 5.19. The molecule has 4 saturated carbocycles. The number of rotatable bonds is 0. The predicted octanol–water partition coefficient (Wildman–Crippen LogP) is 3.47. The minimum absolute atomic E-state index is 0.556. The molecular formula is C12H21P. The Balaban J connectivity index is 2.03. The van der Waals surface area contributed by atoms with Crippen molar-refractivity contribution in [2.75, 3.05) is 0 Å². The van der Waals surface area contributed by atoms with E-state index >= 15 is 0 Å². The van der Waals surface area contributed by atoms with Gasteiger partial charge in [-0.05, 0) is 60.4 Å². The Morgan fingerprint density at radius 3 is 2.00 bits per heavy atom. The third-order valence-corrected chi connectivity index (χ3v) is 6.70. The van der Waals surface area contributed by atoms with Gasteiger partial charge in [0.1, 0.15) is 0 Å². The van der Waals surface area contributed by atoms with Gasteiger partial charge in [0.25, 0.3) is 0 Å². The van der Waals surface area contributed by atoms with Crippen molar-refractivity contribution in [1.82, 2.24) is 0 Å². The maximum atomic E-state index is 3.20. The smallest absolute Gasteiger partial charge is 0.00962 e. The van der Waals surface area contributed by atoms with Crippen molar-refractivity contribution in [3.8, 4) is 0 Å². The van der Waals surface area contributed by atoms with Crippen molar-refractivity contribution >= 4 is 9.24 Å². The minimum atomic E-state index is 0.556.